The fourth-order valence-corrected chi connectivity index (χ4v) is 1.66. The Morgan fingerprint density at radius 1 is 1.24 bits per heavy atom. The topological polar surface area (TPSA) is 89.7 Å². The zero-order valence-electron chi connectivity index (χ0n) is 10.7. The molecule has 0 aromatic heterocycles. The lowest BCUT2D eigenvalue weighted by atomic mass is 10.2. The Hall–Kier alpha value is -2.96. The second-order valence-corrected chi connectivity index (χ2v) is 4.16. The van der Waals surface area contributed by atoms with Crippen molar-refractivity contribution in [2.75, 3.05) is 0 Å². The molecule has 6 nitrogen and oxygen atoms in total. The van der Waals surface area contributed by atoms with Crippen molar-refractivity contribution in [2.45, 2.75) is 6.61 Å². The Kier molecular flexibility index (Phi) is 4.13. The van der Waals surface area contributed by atoms with Gasteiger partial charge in [-0.05, 0) is 29.8 Å². The summed E-state index contributed by atoms with van der Waals surface area (Å²) in [5, 5.41) is 19.8. The molecule has 0 bridgehead atoms. The van der Waals surface area contributed by atoms with E-state index in [1.165, 1.54) is 36.4 Å². The second kappa shape index (κ2) is 6.00. The van der Waals surface area contributed by atoms with Crippen molar-refractivity contribution in [1.82, 2.24) is 0 Å². The second-order valence-electron chi connectivity index (χ2n) is 4.16. The first kappa shape index (κ1) is 14.4. The van der Waals surface area contributed by atoms with Crippen molar-refractivity contribution < 1.29 is 24.0 Å². The number of nitrogens with zero attached hydrogens (tertiary/aromatic N) is 1. The van der Waals surface area contributed by atoms with Crippen LogP contribution in [-0.4, -0.2) is 16.0 Å². The molecule has 0 radical (unpaired) electrons. The minimum absolute atomic E-state index is 0.00748. The first-order valence-electron chi connectivity index (χ1n) is 5.86. The normalized spacial score (nSPS) is 10.1. The minimum atomic E-state index is -1.26. The van der Waals surface area contributed by atoms with Gasteiger partial charge in [-0.2, -0.15) is 0 Å². The molecule has 0 saturated heterocycles. The number of ether oxygens (including phenoxy) is 1. The highest BCUT2D eigenvalue weighted by Gasteiger charge is 2.18. The van der Waals surface area contributed by atoms with Crippen molar-refractivity contribution >= 4 is 11.7 Å². The number of nitro benzene ring substituents is 1. The number of carbonyl (C=O) groups is 1. The molecule has 7 heteroatoms. The molecule has 0 saturated carbocycles. The molecule has 2 rings (SSSR count). The Balaban J connectivity index is 2.21. The molecule has 0 aliphatic rings. The van der Waals surface area contributed by atoms with Crippen LogP contribution >= 0.6 is 0 Å². The first-order valence-corrected chi connectivity index (χ1v) is 5.86. The average molecular weight is 291 g/mol. The molecule has 0 spiro atoms. The number of nitro groups is 1. The van der Waals surface area contributed by atoms with Gasteiger partial charge < -0.3 is 9.84 Å². The van der Waals surface area contributed by atoms with Crippen LogP contribution in [0.3, 0.4) is 0 Å². The molecule has 1 N–H and O–H groups in total. The summed E-state index contributed by atoms with van der Waals surface area (Å²) in [4.78, 5) is 21.0. The number of rotatable bonds is 5. The highest BCUT2D eigenvalue weighted by atomic mass is 19.1. The van der Waals surface area contributed by atoms with Gasteiger partial charge in [0.25, 0.3) is 0 Å². The molecule has 0 aliphatic heterocycles. The van der Waals surface area contributed by atoms with Gasteiger partial charge >= 0.3 is 11.7 Å². The lowest BCUT2D eigenvalue weighted by Crippen LogP contribution is -2.02. The summed E-state index contributed by atoms with van der Waals surface area (Å²) in [6.45, 7) is 0.00748. The molecule has 21 heavy (non-hydrogen) atoms. The van der Waals surface area contributed by atoms with Crippen molar-refractivity contribution in [3.8, 4) is 5.75 Å². The van der Waals surface area contributed by atoms with Crippen LogP contribution in [0.5, 0.6) is 5.75 Å². The maximum Gasteiger partial charge on any atom is 0.335 e. The number of carboxylic acid groups (broad SMARTS) is 1. The fraction of sp³-hybridized carbons (Fsp3) is 0.0714. The molecule has 108 valence electrons. The van der Waals surface area contributed by atoms with Crippen LogP contribution in [0.2, 0.25) is 0 Å². The molecular formula is C14H10FNO5. The molecule has 0 atom stereocenters. The number of hydrogen-bond acceptors (Lipinski definition) is 4. The van der Waals surface area contributed by atoms with Crippen LogP contribution in [-0.2, 0) is 6.61 Å². The monoisotopic (exact) mass is 291 g/mol. The van der Waals surface area contributed by atoms with E-state index in [2.05, 4.69) is 0 Å². The summed E-state index contributed by atoms with van der Waals surface area (Å²) in [6, 6.07) is 8.86. The number of aromatic carboxylic acids is 1. The highest BCUT2D eigenvalue weighted by molar-refractivity contribution is 5.88. The third kappa shape index (κ3) is 3.53. The van der Waals surface area contributed by atoms with E-state index in [1.807, 2.05) is 0 Å². The maximum atomic E-state index is 12.8. The summed E-state index contributed by atoms with van der Waals surface area (Å²) in [7, 11) is 0. The summed E-state index contributed by atoms with van der Waals surface area (Å²) in [5.41, 5.74) is 0.000790. The molecule has 0 heterocycles. The number of benzene rings is 2. The van der Waals surface area contributed by atoms with E-state index in [0.717, 1.165) is 6.07 Å². The van der Waals surface area contributed by atoms with Crippen LogP contribution in [0, 0.1) is 15.9 Å². The molecule has 0 unspecified atom stereocenters. The maximum absolute atomic E-state index is 12.8. The SMILES string of the molecule is O=C(O)c1ccc(OCc2ccc(F)cc2)c([N+](=O)[O-])c1. The van der Waals surface area contributed by atoms with Crippen molar-refractivity contribution in [1.29, 1.82) is 0 Å². The van der Waals surface area contributed by atoms with E-state index in [1.54, 1.807) is 0 Å². The molecule has 0 fully saturated rings. The standard InChI is InChI=1S/C14H10FNO5/c15-11-4-1-9(2-5-11)8-21-13-6-3-10(14(17)18)7-12(13)16(19)20/h1-7H,8H2,(H,17,18). The Morgan fingerprint density at radius 3 is 2.48 bits per heavy atom. The largest absolute Gasteiger partial charge is 0.482 e. The van der Waals surface area contributed by atoms with E-state index in [-0.39, 0.29) is 17.9 Å². The summed E-state index contributed by atoms with van der Waals surface area (Å²) in [5.74, 6) is -1.70. The van der Waals surface area contributed by atoms with E-state index >= 15 is 0 Å². The quantitative estimate of drug-likeness (QED) is 0.675. The van der Waals surface area contributed by atoms with E-state index in [9.17, 15) is 19.3 Å². The summed E-state index contributed by atoms with van der Waals surface area (Å²) >= 11 is 0. The molecule has 2 aromatic rings. The zero-order chi connectivity index (χ0) is 15.4. The predicted octanol–water partition coefficient (Wildman–Crippen LogP) is 3.01. The fourth-order valence-electron chi connectivity index (χ4n) is 1.66. The smallest absolute Gasteiger partial charge is 0.335 e. The van der Waals surface area contributed by atoms with Crippen LogP contribution < -0.4 is 4.74 Å². The first-order chi connectivity index (χ1) is 9.97. The summed E-state index contributed by atoms with van der Waals surface area (Å²) in [6.07, 6.45) is 0. The zero-order valence-corrected chi connectivity index (χ0v) is 10.7. The van der Waals surface area contributed by atoms with E-state index < -0.39 is 22.4 Å². The minimum Gasteiger partial charge on any atom is -0.482 e. The number of hydrogen-bond donors (Lipinski definition) is 1. The van der Waals surface area contributed by atoms with Gasteiger partial charge in [0.1, 0.15) is 12.4 Å². The van der Waals surface area contributed by atoms with Gasteiger partial charge in [-0.25, -0.2) is 9.18 Å². The van der Waals surface area contributed by atoms with Gasteiger partial charge in [-0.1, -0.05) is 12.1 Å². The Labute approximate surface area is 118 Å². The van der Waals surface area contributed by atoms with E-state index in [4.69, 9.17) is 9.84 Å². The third-order valence-corrected chi connectivity index (χ3v) is 2.71. The Bertz CT molecular complexity index is 684. The average Bonchev–Trinajstić information content (AvgIpc) is 2.46. The van der Waals surface area contributed by atoms with Crippen LogP contribution in [0.4, 0.5) is 10.1 Å². The third-order valence-electron chi connectivity index (χ3n) is 2.71. The van der Waals surface area contributed by atoms with Gasteiger partial charge in [0.2, 0.25) is 0 Å². The van der Waals surface area contributed by atoms with Crippen molar-refractivity contribution in [3.63, 3.8) is 0 Å². The summed E-state index contributed by atoms with van der Waals surface area (Å²) < 4.78 is 18.1. The Morgan fingerprint density at radius 2 is 1.90 bits per heavy atom. The van der Waals surface area contributed by atoms with Gasteiger partial charge in [-0.3, -0.25) is 10.1 Å². The molecule has 0 amide bonds. The predicted molar refractivity (Wildman–Crippen MR) is 70.8 cm³/mol. The van der Waals surface area contributed by atoms with Crippen molar-refractivity contribution in [2.24, 2.45) is 0 Å². The highest BCUT2D eigenvalue weighted by Crippen LogP contribution is 2.28. The van der Waals surface area contributed by atoms with Crippen LogP contribution in [0.1, 0.15) is 15.9 Å². The van der Waals surface area contributed by atoms with Gasteiger partial charge in [0.05, 0.1) is 10.5 Å². The van der Waals surface area contributed by atoms with Crippen molar-refractivity contribution in [3.05, 3.63) is 69.5 Å². The number of halogens is 1. The molecular weight excluding hydrogens is 281 g/mol. The number of carboxylic acids is 1. The lowest BCUT2D eigenvalue weighted by Gasteiger charge is -2.07. The van der Waals surface area contributed by atoms with E-state index in [0.29, 0.717) is 5.56 Å². The lowest BCUT2D eigenvalue weighted by molar-refractivity contribution is -0.386. The van der Waals surface area contributed by atoms with Crippen LogP contribution in [0.15, 0.2) is 42.5 Å². The molecule has 0 aliphatic carbocycles. The molecule has 2 aromatic carbocycles. The van der Waals surface area contributed by atoms with Gasteiger partial charge in [-0.15, -0.1) is 0 Å². The van der Waals surface area contributed by atoms with Crippen LogP contribution in [0.25, 0.3) is 0 Å². The van der Waals surface area contributed by atoms with Gasteiger partial charge in [0.15, 0.2) is 5.75 Å². The van der Waals surface area contributed by atoms with Gasteiger partial charge in [0, 0.05) is 6.07 Å².